The van der Waals surface area contributed by atoms with E-state index in [9.17, 15) is 5.11 Å². The Kier molecular flexibility index (Phi) is 4.81. The molecule has 1 aliphatic rings. The van der Waals surface area contributed by atoms with Crippen LogP contribution in [0, 0.1) is 5.41 Å². The highest BCUT2D eigenvalue weighted by Crippen LogP contribution is 2.39. The Morgan fingerprint density at radius 2 is 1.75 bits per heavy atom. The summed E-state index contributed by atoms with van der Waals surface area (Å²) in [5.41, 5.74) is -0.0151. The molecule has 0 spiro atoms. The predicted molar refractivity (Wildman–Crippen MR) is 69.6 cm³/mol. The van der Waals surface area contributed by atoms with E-state index in [0.717, 1.165) is 32.2 Å². The molecule has 1 aliphatic carbocycles. The smallest absolute Gasteiger partial charge is 0.0772 e. The van der Waals surface area contributed by atoms with Gasteiger partial charge < -0.3 is 10.4 Å². The second-order valence-corrected chi connectivity index (χ2v) is 6.46. The van der Waals surface area contributed by atoms with E-state index in [4.69, 9.17) is 0 Å². The van der Waals surface area contributed by atoms with Crippen molar-refractivity contribution in [3.05, 3.63) is 0 Å². The maximum atomic E-state index is 10.5. The van der Waals surface area contributed by atoms with Gasteiger partial charge in [-0.15, -0.1) is 0 Å². The quantitative estimate of drug-likeness (QED) is 0.756. The van der Waals surface area contributed by atoms with Crippen molar-refractivity contribution in [2.24, 2.45) is 5.41 Å². The maximum absolute atomic E-state index is 10.5. The van der Waals surface area contributed by atoms with Crippen molar-refractivity contribution in [1.29, 1.82) is 0 Å². The summed E-state index contributed by atoms with van der Waals surface area (Å²) >= 11 is 0. The normalized spacial score (nSPS) is 25.3. The van der Waals surface area contributed by atoms with Crippen molar-refractivity contribution in [3.63, 3.8) is 0 Å². The van der Waals surface area contributed by atoms with Crippen LogP contribution in [-0.2, 0) is 0 Å². The van der Waals surface area contributed by atoms with E-state index >= 15 is 0 Å². The molecule has 0 amide bonds. The Morgan fingerprint density at radius 3 is 2.25 bits per heavy atom. The summed E-state index contributed by atoms with van der Waals surface area (Å²) in [6, 6.07) is 0.531. The van der Waals surface area contributed by atoms with Gasteiger partial charge in [-0.05, 0) is 44.4 Å². The van der Waals surface area contributed by atoms with Crippen molar-refractivity contribution >= 4 is 0 Å². The van der Waals surface area contributed by atoms with Crippen LogP contribution < -0.4 is 5.32 Å². The molecule has 0 aromatic carbocycles. The molecule has 0 aliphatic heterocycles. The molecule has 0 heterocycles. The highest BCUT2D eigenvalue weighted by molar-refractivity contribution is 4.90. The minimum atomic E-state index is -0.447. The first-order chi connectivity index (χ1) is 7.37. The molecule has 1 saturated carbocycles. The van der Waals surface area contributed by atoms with Crippen LogP contribution in [0.4, 0.5) is 0 Å². The summed E-state index contributed by atoms with van der Waals surface area (Å²) in [6.45, 7) is 9.79. The largest absolute Gasteiger partial charge is 0.389 e. The van der Waals surface area contributed by atoms with Crippen LogP contribution in [0.1, 0.15) is 66.2 Å². The van der Waals surface area contributed by atoms with Crippen molar-refractivity contribution in [2.45, 2.75) is 77.9 Å². The average Bonchev–Trinajstić information content (AvgIpc) is 2.21. The third-order valence-electron chi connectivity index (χ3n) is 4.04. The minimum absolute atomic E-state index is 0.432. The van der Waals surface area contributed by atoms with Gasteiger partial charge in [-0.25, -0.2) is 0 Å². The van der Waals surface area contributed by atoms with E-state index in [1.54, 1.807) is 0 Å². The highest BCUT2D eigenvalue weighted by atomic mass is 16.3. The third-order valence-corrected chi connectivity index (χ3v) is 4.04. The van der Waals surface area contributed by atoms with Crippen LogP contribution in [0.3, 0.4) is 0 Å². The van der Waals surface area contributed by atoms with Crippen molar-refractivity contribution in [3.8, 4) is 0 Å². The highest BCUT2D eigenvalue weighted by Gasteiger charge is 2.36. The van der Waals surface area contributed by atoms with Crippen LogP contribution in [-0.4, -0.2) is 23.3 Å². The molecule has 2 heteroatoms. The predicted octanol–water partition coefficient (Wildman–Crippen LogP) is 3.10. The van der Waals surface area contributed by atoms with Gasteiger partial charge in [-0.2, -0.15) is 0 Å². The van der Waals surface area contributed by atoms with Gasteiger partial charge in [0.25, 0.3) is 0 Å². The first-order valence-corrected chi connectivity index (χ1v) is 6.83. The molecule has 1 atom stereocenters. The fraction of sp³-hybridized carbons (Fsp3) is 1.00. The fourth-order valence-electron chi connectivity index (χ4n) is 2.47. The number of aliphatic hydroxyl groups is 1. The minimum Gasteiger partial charge on any atom is -0.389 e. The monoisotopic (exact) mass is 227 g/mol. The number of hydrogen-bond donors (Lipinski definition) is 2. The summed E-state index contributed by atoms with van der Waals surface area (Å²) in [4.78, 5) is 0. The molecule has 2 N–H and O–H groups in total. The lowest BCUT2D eigenvalue weighted by Gasteiger charge is -2.40. The Balaban J connectivity index is 2.31. The topological polar surface area (TPSA) is 32.3 Å². The molecule has 2 nitrogen and oxygen atoms in total. The molecule has 0 bridgehead atoms. The zero-order valence-electron chi connectivity index (χ0n) is 11.5. The van der Waals surface area contributed by atoms with Crippen LogP contribution in [0.2, 0.25) is 0 Å². The van der Waals surface area contributed by atoms with Crippen molar-refractivity contribution < 1.29 is 5.11 Å². The molecule has 1 fully saturated rings. The van der Waals surface area contributed by atoms with Crippen molar-refractivity contribution in [1.82, 2.24) is 5.32 Å². The Hall–Kier alpha value is -0.0800. The molecule has 0 aromatic heterocycles. The van der Waals surface area contributed by atoms with E-state index in [1.807, 2.05) is 0 Å². The van der Waals surface area contributed by atoms with Gasteiger partial charge in [-0.3, -0.25) is 0 Å². The van der Waals surface area contributed by atoms with Gasteiger partial charge in [0, 0.05) is 12.6 Å². The van der Waals surface area contributed by atoms with Gasteiger partial charge in [0.1, 0.15) is 0 Å². The maximum Gasteiger partial charge on any atom is 0.0772 e. The molecular weight excluding hydrogens is 198 g/mol. The van der Waals surface area contributed by atoms with E-state index in [2.05, 4.69) is 33.0 Å². The SMILES string of the molecule is CCCC(C)NCC1(O)CCC(C)(C)CC1. The summed E-state index contributed by atoms with van der Waals surface area (Å²) in [7, 11) is 0. The Morgan fingerprint density at radius 1 is 1.19 bits per heavy atom. The number of nitrogens with one attached hydrogen (secondary N) is 1. The Labute approximate surface area is 101 Å². The van der Waals surface area contributed by atoms with Crippen LogP contribution in [0.15, 0.2) is 0 Å². The molecule has 16 heavy (non-hydrogen) atoms. The second-order valence-electron chi connectivity index (χ2n) is 6.46. The zero-order valence-corrected chi connectivity index (χ0v) is 11.5. The van der Waals surface area contributed by atoms with Gasteiger partial charge in [0.2, 0.25) is 0 Å². The van der Waals surface area contributed by atoms with Gasteiger partial charge in [0.05, 0.1) is 5.60 Å². The van der Waals surface area contributed by atoms with E-state index in [1.165, 1.54) is 12.8 Å². The van der Waals surface area contributed by atoms with E-state index < -0.39 is 5.60 Å². The number of rotatable bonds is 5. The molecule has 1 rings (SSSR count). The lowest BCUT2D eigenvalue weighted by molar-refractivity contribution is -0.0259. The van der Waals surface area contributed by atoms with Crippen molar-refractivity contribution in [2.75, 3.05) is 6.54 Å². The molecule has 0 radical (unpaired) electrons. The summed E-state index contributed by atoms with van der Waals surface area (Å²) in [6.07, 6.45) is 6.60. The first-order valence-electron chi connectivity index (χ1n) is 6.83. The lowest BCUT2D eigenvalue weighted by Crippen LogP contribution is -2.47. The first kappa shape index (κ1) is 14.0. The molecule has 0 aromatic rings. The van der Waals surface area contributed by atoms with Gasteiger partial charge in [0.15, 0.2) is 0 Å². The summed E-state index contributed by atoms with van der Waals surface area (Å²) in [5, 5.41) is 13.9. The van der Waals surface area contributed by atoms with E-state index in [-0.39, 0.29) is 0 Å². The van der Waals surface area contributed by atoms with Gasteiger partial charge >= 0.3 is 0 Å². The standard InChI is InChI=1S/C14H29NO/c1-5-6-12(2)15-11-14(16)9-7-13(3,4)8-10-14/h12,15-16H,5-11H2,1-4H3. The molecule has 96 valence electrons. The summed E-state index contributed by atoms with van der Waals surface area (Å²) < 4.78 is 0. The number of hydrogen-bond acceptors (Lipinski definition) is 2. The van der Waals surface area contributed by atoms with Crippen LogP contribution >= 0.6 is 0 Å². The zero-order chi connectivity index (χ0) is 12.2. The average molecular weight is 227 g/mol. The molecular formula is C14H29NO. The molecule has 0 saturated heterocycles. The fourth-order valence-corrected chi connectivity index (χ4v) is 2.47. The van der Waals surface area contributed by atoms with Crippen LogP contribution in [0.5, 0.6) is 0 Å². The lowest BCUT2D eigenvalue weighted by atomic mass is 9.71. The summed E-state index contributed by atoms with van der Waals surface area (Å²) in [5.74, 6) is 0. The van der Waals surface area contributed by atoms with Gasteiger partial charge in [-0.1, -0.05) is 27.2 Å². The Bertz CT molecular complexity index is 203. The van der Waals surface area contributed by atoms with Crippen LogP contribution in [0.25, 0.3) is 0 Å². The van der Waals surface area contributed by atoms with E-state index in [0.29, 0.717) is 11.5 Å². The third kappa shape index (κ3) is 4.42. The second kappa shape index (κ2) is 5.50. The molecule has 1 unspecified atom stereocenters.